The zero-order valence-corrected chi connectivity index (χ0v) is 16.0. The number of aromatic nitrogens is 2. The van der Waals surface area contributed by atoms with Gasteiger partial charge in [-0.3, -0.25) is 4.79 Å². The molecule has 0 aliphatic carbocycles. The van der Waals surface area contributed by atoms with Gasteiger partial charge in [0.05, 0.1) is 12.8 Å². The fourth-order valence-electron chi connectivity index (χ4n) is 3.40. The van der Waals surface area contributed by atoms with Crippen molar-refractivity contribution in [2.45, 2.75) is 6.92 Å². The molecule has 0 atom stereocenters. The topological polar surface area (TPSA) is 71.7 Å². The van der Waals surface area contributed by atoms with Crippen LogP contribution in [0.15, 0.2) is 53.1 Å². The molecule has 3 aromatic rings. The van der Waals surface area contributed by atoms with E-state index in [4.69, 9.17) is 9.26 Å². The van der Waals surface area contributed by atoms with Gasteiger partial charge in [0.1, 0.15) is 5.75 Å². The Bertz CT molecular complexity index is 960. The highest BCUT2D eigenvalue weighted by Crippen LogP contribution is 2.28. The largest absolute Gasteiger partial charge is 0.495 e. The second-order valence-corrected chi connectivity index (χ2v) is 6.67. The molecule has 0 spiro atoms. The number of ether oxygens (including phenoxy) is 1. The Morgan fingerprint density at radius 1 is 1.04 bits per heavy atom. The van der Waals surface area contributed by atoms with E-state index in [9.17, 15) is 4.79 Å². The van der Waals surface area contributed by atoms with Gasteiger partial charge in [0.2, 0.25) is 11.7 Å². The van der Waals surface area contributed by atoms with E-state index in [1.807, 2.05) is 47.4 Å². The monoisotopic (exact) mass is 378 g/mol. The first-order valence-electron chi connectivity index (χ1n) is 9.23. The molecule has 1 fully saturated rings. The number of aryl methyl sites for hydroxylation is 1. The molecule has 0 radical (unpaired) electrons. The number of anilines is 1. The van der Waals surface area contributed by atoms with Crippen molar-refractivity contribution in [1.82, 2.24) is 15.0 Å². The number of hydrogen-bond acceptors (Lipinski definition) is 6. The third-order valence-corrected chi connectivity index (χ3v) is 4.91. The van der Waals surface area contributed by atoms with E-state index in [2.05, 4.69) is 21.1 Å². The molecule has 7 nitrogen and oxygen atoms in total. The van der Waals surface area contributed by atoms with Gasteiger partial charge in [-0.1, -0.05) is 29.4 Å². The summed E-state index contributed by atoms with van der Waals surface area (Å²) in [5.74, 6) is 1.94. The lowest BCUT2D eigenvalue weighted by Gasteiger charge is -2.36. The zero-order valence-electron chi connectivity index (χ0n) is 16.0. The molecule has 28 heavy (non-hydrogen) atoms. The molecule has 0 unspecified atom stereocenters. The van der Waals surface area contributed by atoms with Gasteiger partial charge in [-0.2, -0.15) is 4.98 Å². The molecule has 7 heteroatoms. The summed E-state index contributed by atoms with van der Waals surface area (Å²) >= 11 is 0. The first kappa shape index (κ1) is 18.0. The molecule has 2 aromatic carbocycles. The number of benzene rings is 2. The maximum atomic E-state index is 12.9. The van der Waals surface area contributed by atoms with Gasteiger partial charge in [-0.15, -0.1) is 0 Å². The molecule has 1 saturated heterocycles. The minimum Gasteiger partial charge on any atom is -0.495 e. The number of rotatable bonds is 4. The predicted molar refractivity (Wildman–Crippen MR) is 106 cm³/mol. The number of nitrogens with zero attached hydrogens (tertiary/aromatic N) is 4. The summed E-state index contributed by atoms with van der Waals surface area (Å²) in [6, 6.07) is 15.3. The van der Waals surface area contributed by atoms with E-state index in [0.29, 0.717) is 30.4 Å². The number of para-hydroxylation sites is 2. The quantitative estimate of drug-likeness (QED) is 0.695. The van der Waals surface area contributed by atoms with Crippen LogP contribution in [0.3, 0.4) is 0 Å². The molecule has 1 aliphatic heterocycles. The van der Waals surface area contributed by atoms with Crippen LogP contribution >= 0.6 is 0 Å². The Balaban J connectivity index is 1.41. The molecule has 144 valence electrons. The molecule has 1 aliphatic rings. The normalized spacial score (nSPS) is 14.2. The van der Waals surface area contributed by atoms with Crippen LogP contribution in [0.4, 0.5) is 5.69 Å². The Morgan fingerprint density at radius 2 is 1.75 bits per heavy atom. The van der Waals surface area contributed by atoms with Gasteiger partial charge in [0, 0.05) is 44.2 Å². The minimum atomic E-state index is 0.0375. The number of carbonyl (C=O) groups excluding carboxylic acids is 1. The summed E-state index contributed by atoms with van der Waals surface area (Å²) in [5, 5.41) is 3.90. The van der Waals surface area contributed by atoms with Crippen molar-refractivity contribution in [3.8, 4) is 17.1 Å². The fourth-order valence-corrected chi connectivity index (χ4v) is 3.40. The molecular formula is C21H22N4O3. The lowest BCUT2D eigenvalue weighted by Crippen LogP contribution is -2.48. The van der Waals surface area contributed by atoms with Crippen molar-refractivity contribution in [1.29, 1.82) is 0 Å². The van der Waals surface area contributed by atoms with Gasteiger partial charge >= 0.3 is 0 Å². The highest BCUT2D eigenvalue weighted by Gasteiger charge is 2.23. The van der Waals surface area contributed by atoms with Crippen LogP contribution in [0.25, 0.3) is 11.4 Å². The van der Waals surface area contributed by atoms with Gasteiger partial charge < -0.3 is 19.1 Å². The average molecular weight is 378 g/mol. The summed E-state index contributed by atoms with van der Waals surface area (Å²) < 4.78 is 10.5. The lowest BCUT2D eigenvalue weighted by molar-refractivity contribution is 0.0746. The second kappa shape index (κ2) is 7.72. The molecule has 2 heterocycles. The summed E-state index contributed by atoms with van der Waals surface area (Å²) in [6.07, 6.45) is 0. The average Bonchev–Trinajstić information content (AvgIpc) is 3.20. The first-order valence-corrected chi connectivity index (χ1v) is 9.23. The maximum absolute atomic E-state index is 12.9. The highest BCUT2D eigenvalue weighted by molar-refractivity contribution is 5.94. The number of carbonyl (C=O) groups is 1. The smallest absolute Gasteiger partial charge is 0.253 e. The molecule has 0 saturated carbocycles. The number of amides is 1. The number of piperazine rings is 1. The SMILES string of the molecule is COc1ccccc1N1CCN(C(=O)c2ccc(-c3noc(C)n3)cc2)CC1. The Labute approximate surface area is 163 Å². The van der Waals surface area contributed by atoms with Gasteiger partial charge in [-0.05, 0) is 24.3 Å². The third kappa shape index (κ3) is 3.55. The van der Waals surface area contributed by atoms with Crippen LogP contribution in [-0.4, -0.2) is 54.2 Å². The molecule has 1 amide bonds. The van der Waals surface area contributed by atoms with Crippen molar-refractivity contribution in [3.63, 3.8) is 0 Å². The van der Waals surface area contributed by atoms with Gasteiger partial charge in [0.25, 0.3) is 5.91 Å². The molecular weight excluding hydrogens is 356 g/mol. The van der Waals surface area contributed by atoms with Crippen molar-refractivity contribution in [2.24, 2.45) is 0 Å². The summed E-state index contributed by atoms with van der Waals surface area (Å²) in [6.45, 7) is 4.63. The predicted octanol–water partition coefficient (Wildman–Crippen LogP) is 3.02. The van der Waals surface area contributed by atoms with Crippen LogP contribution < -0.4 is 9.64 Å². The Hall–Kier alpha value is -3.35. The van der Waals surface area contributed by atoms with Crippen molar-refractivity contribution >= 4 is 11.6 Å². The Kier molecular flexibility index (Phi) is 4.97. The highest BCUT2D eigenvalue weighted by atomic mass is 16.5. The number of hydrogen-bond donors (Lipinski definition) is 0. The molecule has 4 rings (SSSR count). The number of methoxy groups -OCH3 is 1. The van der Waals surface area contributed by atoms with Crippen LogP contribution in [0.1, 0.15) is 16.2 Å². The van der Waals surface area contributed by atoms with Crippen LogP contribution in [0.5, 0.6) is 5.75 Å². The zero-order chi connectivity index (χ0) is 19.5. The second-order valence-electron chi connectivity index (χ2n) is 6.67. The third-order valence-electron chi connectivity index (χ3n) is 4.91. The standard InChI is InChI=1S/C21H22N4O3/c1-15-22-20(23-28-15)16-7-9-17(10-8-16)21(26)25-13-11-24(12-14-25)18-5-3-4-6-19(18)27-2/h3-10H,11-14H2,1-2H3. The van der Waals surface area contributed by atoms with E-state index < -0.39 is 0 Å². The summed E-state index contributed by atoms with van der Waals surface area (Å²) in [4.78, 5) is 21.2. The van der Waals surface area contributed by atoms with E-state index in [-0.39, 0.29) is 5.91 Å². The van der Waals surface area contributed by atoms with Crippen LogP contribution in [-0.2, 0) is 0 Å². The van der Waals surface area contributed by atoms with Gasteiger partial charge in [-0.25, -0.2) is 0 Å². The van der Waals surface area contributed by atoms with E-state index in [1.165, 1.54) is 0 Å². The van der Waals surface area contributed by atoms with Crippen LogP contribution in [0, 0.1) is 6.92 Å². The van der Waals surface area contributed by atoms with Crippen molar-refractivity contribution < 1.29 is 14.1 Å². The van der Waals surface area contributed by atoms with Crippen LogP contribution in [0.2, 0.25) is 0 Å². The van der Waals surface area contributed by atoms with Gasteiger partial charge in [0.15, 0.2) is 0 Å². The van der Waals surface area contributed by atoms with E-state index in [1.54, 1.807) is 14.0 Å². The van der Waals surface area contributed by atoms with E-state index in [0.717, 1.165) is 30.1 Å². The maximum Gasteiger partial charge on any atom is 0.253 e. The summed E-state index contributed by atoms with van der Waals surface area (Å²) in [7, 11) is 1.68. The lowest BCUT2D eigenvalue weighted by atomic mass is 10.1. The fraction of sp³-hybridized carbons (Fsp3) is 0.286. The van der Waals surface area contributed by atoms with E-state index >= 15 is 0 Å². The molecule has 0 bridgehead atoms. The first-order chi connectivity index (χ1) is 13.7. The van der Waals surface area contributed by atoms with Crippen molar-refractivity contribution in [3.05, 3.63) is 60.0 Å². The Morgan fingerprint density at radius 3 is 2.39 bits per heavy atom. The van der Waals surface area contributed by atoms with Crippen molar-refractivity contribution in [2.75, 3.05) is 38.2 Å². The molecule has 0 N–H and O–H groups in total. The summed E-state index contributed by atoms with van der Waals surface area (Å²) in [5.41, 5.74) is 2.56. The minimum absolute atomic E-state index is 0.0375. The molecule has 1 aromatic heterocycles.